The van der Waals surface area contributed by atoms with E-state index < -0.39 is 9.04 Å². The Labute approximate surface area is 138 Å². The van der Waals surface area contributed by atoms with Crippen LogP contribution in [0.5, 0.6) is 0 Å². The summed E-state index contributed by atoms with van der Waals surface area (Å²) in [5.74, 6) is 0.930. The van der Waals surface area contributed by atoms with Crippen molar-refractivity contribution in [2.75, 3.05) is 5.75 Å². The standard InChI is InChI=1S/C17H35O2SSi/c1-5-9-10-11-13-17(18)20-15-14-16(12-6-2)19-21(7-3)8-4/h16H,5-15H2,1-4H3. The van der Waals surface area contributed by atoms with E-state index in [0.29, 0.717) is 11.2 Å². The maximum absolute atomic E-state index is 11.8. The van der Waals surface area contributed by atoms with Crippen LogP contribution in [0.25, 0.3) is 0 Å². The molecule has 1 unspecified atom stereocenters. The highest BCUT2D eigenvalue weighted by atomic mass is 32.2. The van der Waals surface area contributed by atoms with Gasteiger partial charge in [-0.1, -0.05) is 65.1 Å². The molecule has 0 spiro atoms. The number of hydrogen-bond donors (Lipinski definition) is 0. The van der Waals surface area contributed by atoms with E-state index >= 15 is 0 Å². The van der Waals surface area contributed by atoms with Crippen LogP contribution in [0, 0.1) is 0 Å². The summed E-state index contributed by atoms with van der Waals surface area (Å²) in [6.07, 6.45) is 9.22. The quantitative estimate of drug-likeness (QED) is 0.296. The fourth-order valence-electron chi connectivity index (χ4n) is 2.31. The molecule has 4 heteroatoms. The van der Waals surface area contributed by atoms with Gasteiger partial charge >= 0.3 is 0 Å². The van der Waals surface area contributed by atoms with Crippen molar-refractivity contribution in [1.29, 1.82) is 0 Å². The Morgan fingerprint density at radius 3 is 2.29 bits per heavy atom. The molecule has 0 aliphatic carbocycles. The Bertz CT molecular complexity index is 245. The second-order valence-electron chi connectivity index (χ2n) is 5.59. The number of carbonyl (C=O) groups is 1. The molecule has 125 valence electrons. The lowest BCUT2D eigenvalue weighted by Crippen LogP contribution is -2.25. The van der Waals surface area contributed by atoms with E-state index in [4.69, 9.17) is 4.43 Å². The smallest absolute Gasteiger partial charge is 0.211 e. The van der Waals surface area contributed by atoms with Crippen molar-refractivity contribution in [2.45, 2.75) is 97.3 Å². The molecule has 1 radical (unpaired) electrons. The van der Waals surface area contributed by atoms with E-state index in [0.717, 1.165) is 31.4 Å². The van der Waals surface area contributed by atoms with Gasteiger partial charge in [-0.2, -0.15) is 0 Å². The Morgan fingerprint density at radius 2 is 1.71 bits per heavy atom. The average molecular weight is 332 g/mol. The van der Waals surface area contributed by atoms with Gasteiger partial charge in [0.05, 0.1) is 0 Å². The molecule has 0 aliphatic rings. The largest absolute Gasteiger partial charge is 0.414 e. The number of unbranched alkanes of at least 4 members (excludes halogenated alkanes) is 3. The summed E-state index contributed by atoms with van der Waals surface area (Å²) in [4.78, 5) is 11.8. The fourth-order valence-corrected chi connectivity index (χ4v) is 4.75. The summed E-state index contributed by atoms with van der Waals surface area (Å²) in [6.45, 7) is 8.88. The first-order valence-electron chi connectivity index (χ1n) is 8.84. The van der Waals surface area contributed by atoms with Gasteiger partial charge in [0, 0.05) is 18.3 Å². The minimum atomic E-state index is -0.608. The maximum atomic E-state index is 11.8. The highest BCUT2D eigenvalue weighted by Gasteiger charge is 2.16. The van der Waals surface area contributed by atoms with Gasteiger partial charge in [-0.3, -0.25) is 4.79 Å². The molecule has 0 fully saturated rings. The number of hydrogen-bond acceptors (Lipinski definition) is 3. The maximum Gasteiger partial charge on any atom is 0.211 e. The van der Waals surface area contributed by atoms with Crippen LogP contribution in [-0.2, 0) is 9.22 Å². The lowest BCUT2D eigenvalue weighted by atomic mass is 10.2. The van der Waals surface area contributed by atoms with Gasteiger partial charge in [-0.15, -0.1) is 0 Å². The number of thioether (sulfide) groups is 1. The Balaban J connectivity index is 3.83. The van der Waals surface area contributed by atoms with E-state index in [9.17, 15) is 4.79 Å². The van der Waals surface area contributed by atoms with E-state index in [2.05, 4.69) is 27.7 Å². The monoisotopic (exact) mass is 331 g/mol. The van der Waals surface area contributed by atoms with Gasteiger partial charge in [0.2, 0.25) is 9.04 Å². The third-order valence-corrected chi connectivity index (χ3v) is 6.88. The lowest BCUT2D eigenvalue weighted by molar-refractivity contribution is -0.111. The zero-order chi connectivity index (χ0) is 15.9. The highest BCUT2D eigenvalue weighted by molar-refractivity contribution is 8.13. The van der Waals surface area contributed by atoms with Crippen molar-refractivity contribution in [1.82, 2.24) is 0 Å². The Hall–Kier alpha value is 0.197. The molecular formula is C17H35O2SSi. The first-order chi connectivity index (χ1) is 10.2. The van der Waals surface area contributed by atoms with Crippen molar-refractivity contribution in [3.63, 3.8) is 0 Å². The third-order valence-electron chi connectivity index (χ3n) is 3.67. The van der Waals surface area contributed by atoms with Crippen LogP contribution in [0.4, 0.5) is 0 Å². The minimum absolute atomic E-state index is 0.373. The summed E-state index contributed by atoms with van der Waals surface area (Å²) in [5.41, 5.74) is 0. The molecule has 0 aromatic heterocycles. The van der Waals surface area contributed by atoms with Gasteiger partial charge in [-0.05, 0) is 31.4 Å². The van der Waals surface area contributed by atoms with Crippen molar-refractivity contribution < 1.29 is 9.22 Å². The molecule has 0 saturated carbocycles. The minimum Gasteiger partial charge on any atom is -0.414 e. The summed E-state index contributed by atoms with van der Waals surface area (Å²) in [6, 6.07) is 2.37. The SMILES string of the molecule is CCCCCCC(=O)SCCC(CCC)O[Si](CC)CC. The molecule has 0 amide bonds. The number of rotatable bonds is 14. The third kappa shape index (κ3) is 12.4. The van der Waals surface area contributed by atoms with Crippen LogP contribution in [0.1, 0.15) is 79.1 Å². The molecule has 0 saturated heterocycles. The summed E-state index contributed by atoms with van der Waals surface area (Å²) < 4.78 is 6.26. The molecule has 21 heavy (non-hydrogen) atoms. The van der Waals surface area contributed by atoms with Crippen molar-refractivity contribution in [2.24, 2.45) is 0 Å². The van der Waals surface area contributed by atoms with Crippen LogP contribution in [-0.4, -0.2) is 26.0 Å². The summed E-state index contributed by atoms with van der Waals surface area (Å²) in [5, 5.41) is 0.373. The van der Waals surface area contributed by atoms with Gasteiger partial charge in [0.25, 0.3) is 0 Å². The predicted molar refractivity (Wildman–Crippen MR) is 97.3 cm³/mol. The second kappa shape index (κ2) is 15.1. The molecule has 0 aliphatic heterocycles. The van der Waals surface area contributed by atoms with Crippen molar-refractivity contribution in [3.8, 4) is 0 Å². The molecule has 0 N–H and O–H groups in total. The molecule has 2 nitrogen and oxygen atoms in total. The van der Waals surface area contributed by atoms with E-state index in [1.54, 1.807) is 0 Å². The topological polar surface area (TPSA) is 26.3 Å². The van der Waals surface area contributed by atoms with Crippen LogP contribution in [0.15, 0.2) is 0 Å². The molecular weight excluding hydrogens is 296 g/mol. The van der Waals surface area contributed by atoms with Crippen molar-refractivity contribution >= 4 is 25.9 Å². The average Bonchev–Trinajstić information content (AvgIpc) is 2.49. The molecule has 0 bridgehead atoms. The fraction of sp³-hybridized carbons (Fsp3) is 0.941. The van der Waals surface area contributed by atoms with Gasteiger partial charge in [0.15, 0.2) is 5.12 Å². The van der Waals surface area contributed by atoms with Crippen LogP contribution in [0.2, 0.25) is 12.1 Å². The van der Waals surface area contributed by atoms with Crippen molar-refractivity contribution in [3.05, 3.63) is 0 Å². The molecule has 0 heterocycles. The molecule has 0 aromatic rings. The van der Waals surface area contributed by atoms with E-state index in [-0.39, 0.29) is 0 Å². The van der Waals surface area contributed by atoms with Crippen LogP contribution >= 0.6 is 11.8 Å². The molecule has 0 rings (SSSR count). The van der Waals surface area contributed by atoms with Gasteiger partial charge in [0.1, 0.15) is 0 Å². The number of carbonyl (C=O) groups excluding carboxylic acids is 1. The van der Waals surface area contributed by atoms with Gasteiger partial charge < -0.3 is 4.43 Å². The summed E-state index contributed by atoms with van der Waals surface area (Å²) >= 11 is 1.52. The van der Waals surface area contributed by atoms with E-state index in [1.807, 2.05) is 0 Å². The van der Waals surface area contributed by atoms with Crippen LogP contribution < -0.4 is 0 Å². The zero-order valence-corrected chi connectivity index (χ0v) is 16.4. The Kier molecular flexibility index (Phi) is 15.2. The van der Waals surface area contributed by atoms with E-state index in [1.165, 1.54) is 49.5 Å². The summed E-state index contributed by atoms with van der Waals surface area (Å²) in [7, 11) is -0.608. The van der Waals surface area contributed by atoms with Crippen LogP contribution in [0.3, 0.4) is 0 Å². The normalized spacial score (nSPS) is 12.8. The highest BCUT2D eigenvalue weighted by Crippen LogP contribution is 2.17. The first kappa shape index (κ1) is 21.2. The lowest BCUT2D eigenvalue weighted by Gasteiger charge is -2.22. The predicted octanol–water partition coefficient (Wildman–Crippen LogP) is 5.82. The first-order valence-corrected chi connectivity index (χ1v) is 11.7. The van der Waals surface area contributed by atoms with Gasteiger partial charge in [-0.25, -0.2) is 0 Å². The zero-order valence-electron chi connectivity index (χ0n) is 14.6. The Morgan fingerprint density at radius 1 is 1.00 bits per heavy atom. The molecule has 1 atom stereocenters. The molecule has 0 aromatic carbocycles. The second-order valence-corrected chi connectivity index (χ2v) is 9.47.